The maximum absolute atomic E-state index is 14.3. The van der Waals surface area contributed by atoms with Crippen molar-refractivity contribution in [2.24, 2.45) is 0 Å². The summed E-state index contributed by atoms with van der Waals surface area (Å²) in [6, 6.07) is 9.09. The molecule has 0 aliphatic carbocycles. The van der Waals surface area contributed by atoms with Crippen molar-refractivity contribution in [3.63, 3.8) is 0 Å². The van der Waals surface area contributed by atoms with Gasteiger partial charge >= 0.3 is 6.43 Å². The highest BCUT2D eigenvalue weighted by Gasteiger charge is 2.18. The number of alkyl halides is 2. The fourth-order valence-electron chi connectivity index (χ4n) is 2.28. The number of carbonyl (C=O) groups excluding carboxylic acids is 1. The van der Waals surface area contributed by atoms with E-state index in [1.165, 1.54) is 30.3 Å². The third kappa shape index (κ3) is 3.71. The van der Waals surface area contributed by atoms with E-state index < -0.39 is 24.0 Å². The van der Waals surface area contributed by atoms with Crippen molar-refractivity contribution in [3.05, 3.63) is 65.6 Å². The SMILES string of the molecule is O=CN(Cc1ccc(-c2nnc(C(F)F)o2)cc1F)c1cccc(F)c1. The Labute approximate surface area is 144 Å². The number of halogens is 4. The van der Waals surface area contributed by atoms with Crippen molar-refractivity contribution in [3.8, 4) is 11.5 Å². The number of rotatable bonds is 6. The molecule has 0 N–H and O–H groups in total. The average molecular weight is 365 g/mol. The summed E-state index contributed by atoms with van der Waals surface area (Å²) in [4.78, 5) is 12.4. The van der Waals surface area contributed by atoms with Crippen LogP contribution >= 0.6 is 0 Å². The first kappa shape index (κ1) is 17.6. The molecule has 0 saturated carbocycles. The Morgan fingerprint density at radius 3 is 2.54 bits per heavy atom. The molecule has 0 aliphatic rings. The lowest BCUT2D eigenvalue weighted by Gasteiger charge is -2.18. The van der Waals surface area contributed by atoms with Gasteiger partial charge in [-0.3, -0.25) is 4.79 Å². The first-order valence-corrected chi connectivity index (χ1v) is 7.36. The molecule has 9 heteroatoms. The number of anilines is 1. The molecule has 0 bridgehead atoms. The highest BCUT2D eigenvalue weighted by molar-refractivity contribution is 5.75. The van der Waals surface area contributed by atoms with Crippen molar-refractivity contribution < 1.29 is 26.8 Å². The van der Waals surface area contributed by atoms with Crippen molar-refractivity contribution in [2.45, 2.75) is 13.0 Å². The van der Waals surface area contributed by atoms with Crippen LogP contribution < -0.4 is 4.90 Å². The molecule has 0 aliphatic heterocycles. The molecule has 0 saturated heterocycles. The second-order valence-corrected chi connectivity index (χ2v) is 5.27. The van der Waals surface area contributed by atoms with E-state index in [4.69, 9.17) is 4.42 Å². The third-order valence-electron chi connectivity index (χ3n) is 3.54. The molecule has 1 amide bonds. The van der Waals surface area contributed by atoms with Gasteiger partial charge in [-0.25, -0.2) is 8.78 Å². The van der Waals surface area contributed by atoms with Crippen molar-refractivity contribution in [1.82, 2.24) is 10.2 Å². The van der Waals surface area contributed by atoms with Gasteiger partial charge in [0, 0.05) is 16.8 Å². The monoisotopic (exact) mass is 365 g/mol. The minimum atomic E-state index is -2.92. The second kappa shape index (κ2) is 7.34. The summed E-state index contributed by atoms with van der Waals surface area (Å²) in [5.74, 6) is -2.34. The van der Waals surface area contributed by atoms with Gasteiger partial charge in [-0.05, 0) is 30.3 Å². The maximum atomic E-state index is 14.3. The summed E-state index contributed by atoms with van der Waals surface area (Å²) >= 11 is 0. The Morgan fingerprint density at radius 2 is 1.92 bits per heavy atom. The fourth-order valence-corrected chi connectivity index (χ4v) is 2.28. The molecule has 134 valence electrons. The lowest BCUT2D eigenvalue weighted by atomic mass is 10.1. The van der Waals surface area contributed by atoms with Crippen LogP contribution in [-0.2, 0) is 11.3 Å². The predicted molar refractivity (Wildman–Crippen MR) is 83.3 cm³/mol. The van der Waals surface area contributed by atoms with E-state index in [0.29, 0.717) is 6.41 Å². The summed E-state index contributed by atoms with van der Waals surface area (Å²) in [5, 5.41) is 6.62. The number of carbonyl (C=O) groups is 1. The van der Waals surface area contributed by atoms with Gasteiger partial charge < -0.3 is 9.32 Å². The maximum Gasteiger partial charge on any atom is 0.314 e. The van der Waals surface area contributed by atoms with E-state index >= 15 is 0 Å². The number of nitrogens with zero attached hydrogens (tertiary/aromatic N) is 3. The fraction of sp³-hybridized carbons (Fsp3) is 0.118. The molecule has 3 rings (SSSR count). The van der Waals surface area contributed by atoms with Crippen LogP contribution in [-0.4, -0.2) is 16.6 Å². The zero-order chi connectivity index (χ0) is 18.7. The molecule has 0 fully saturated rings. The van der Waals surface area contributed by atoms with Gasteiger partial charge in [0.2, 0.25) is 12.3 Å². The Balaban J connectivity index is 1.83. The average Bonchev–Trinajstić information content (AvgIpc) is 3.11. The lowest BCUT2D eigenvalue weighted by molar-refractivity contribution is -0.107. The number of aromatic nitrogens is 2. The Morgan fingerprint density at radius 1 is 1.12 bits per heavy atom. The first-order valence-electron chi connectivity index (χ1n) is 7.36. The normalized spacial score (nSPS) is 11.0. The summed E-state index contributed by atoms with van der Waals surface area (Å²) in [6.45, 7) is -0.148. The number of hydrogen-bond acceptors (Lipinski definition) is 4. The summed E-state index contributed by atoms with van der Waals surface area (Å²) in [7, 11) is 0. The van der Waals surface area contributed by atoms with Crippen LogP contribution in [0.1, 0.15) is 17.9 Å². The van der Waals surface area contributed by atoms with Gasteiger partial charge in [-0.15, -0.1) is 10.2 Å². The smallest absolute Gasteiger partial charge is 0.314 e. The molecule has 1 aromatic heterocycles. The third-order valence-corrected chi connectivity index (χ3v) is 3.54. The quantitative estimate of drug-likeness (QED) is 0.487. The highest BCUT2D eigenvalue weighted by atomic mass is 19.3. The molecule has 1 heterocycles. The van der Waals surface area contributed by atoms with E-state index in [9.17, 15) is 22.4 Å². The van der Waals surface area contributed by atoms with E-state index in [1.54, 1.807) is 0 Å². The predicted octanol–water partition coefficient (Wildman–Crippen LogP) is 4.12. The molecule has 26 heavy (non-hydrogen) atoms. The number of amides is 1. The summed E-state index contributed by atoms with van der Waals surface area (Å²) in [5.41, 5.74) is 0.523. The molecule has 0 unspecified atom stereocenters. The summed E-state index contributed by atoms with van der Waals surface area (Å²) in [6.07, 6.45) is -2.47. The largest absolute Gasteiger partial charge is 0.415 e. The van der Waals surface area contributed by atoms with Crippen LogP contribution in [0.2, 0.25) is 0 Å². The molecule has 0 atom stereocenters. The Hall–Kier alpha value is -3.23. The van der Waals surface area contributed by atoms with Gasteiger partial charge in [0.05, 0.1) is 6.54 Å². The first-order chi connectivity index (χ1) is 12.5. The minimum absolute atomic E-state index is 0.119. The molecule has 0 radical (unpaired) electrons. The minimum Gasteiger partial charge on any atom is -0.415 e. The van der Waals surface area contributed by atoms with Crippen molar-refractivity contribution in [1.29, 1.82) is 0 Å². The zero-order valence-corrected chi connectivity index (χ0v) is 13.1. The van der Waals surface area contributed by atoms with Crippen molar-refractivity contribution in [2.75, 3.05) is 4.90 Å². The van der Waals surface area contributed by atoms with Gasteiger partial charge in [0.15, 0.2) is 0 Å². The van der Waals surface area contributed by atoms with Crippen LogP contribution in [0.4, 0.5) is 23.2 Å². The molecule has 0 spiro atoms. The van der Waals surface area contributed by atoms with Gasteiger partial charge in [-0.1, -0.05) is 12.1 Å². The topological polar surface area (TPSA) is 59.2 Å². The van der Waals surface area contributed by atoms with E-state index in [2.05, 4.69) is 10.2 Å². The molecule has 3 aromatic rings. The van der Waals surface area contributed by atoms with Gasteiger partial charge in [-0.2, -0.15) is 8.78 Å². The standard InChI is InChI=1S/C17H11F4N3O2/c18-12-2-1-3-13(7-12)24(9-25)8-11-5-4-10(6-14(11)19)16-22-23-17(26-16)15(20)21/h1-7,9,15H,8H2. The van der Waals surface area contributed by atoms with E-state index in [0.717, 1.165) is 17.0 Å². The molecular formula is C17H11F4N3O2. The second-order valence-electron chi connectivity index (χ2n) is 5.27. The lowest BCUT2D eigenvalue weighted by Crippen LogP contribution is -2.21. The van der Waals surface area contributed by atoms with Crippen LogP contribution in [0.3, 0.4) is 0 Å². The van der Waals surface area contributed by atoms with E-state index in [1.807, 2.05) is 0 Å². The molecular weight excluding hydrogens is 354 g/mol. The Bertz CT molecular complexity index is 930. The zero-order valence-electron chi connectivity index (χ0n) is 13.1. The van der Waals surface area contributed by atoms with Crippen LogP contribution in [0, 0.1) is 11.6 Å². The summed E-state index contributed by atoms with van der Waals surface area (Å²) < 4.78 is 57.3. The van der Waals surface area contributed by atoms with Gasteiger partial charge in [0.25, 0.3) is 5.89 Å². The van der Waals surface area contributed by atoms with E-state index in [-0.39, 0.29) is 29.2 Å². The number of hydrogen-bond donors (Lipinski definition) is 0. The Kier molecular flexibility index (Phi) is 4.97. The highest BCUT2D eigenvalue weighted by Crippen LogP contribution is 2.26. The molecule has 2 aromatic carbocycles. The van der Waals surface area contributed by atoms with Crippen molar-refractivity contribution >= 4 is 12.1 Å². The van der Waals surface area contributed by atoms with Crippen LogP contribution in [0.5, 0.6) is 0 Å². The van der Waals surface area contributed by atoms with Crippen LogP contribution in [0.15, 0.2) is 46.9 Å². The number of benzene rings is 2. The van der Waals surface area contributed by atoms with Crippen LogP contribution in [0.25, 0.3) is 11.5 Å². The molecule has 5 nitrogen and oxygen atoms in total. The van der Waals surface area contributed by atoms with Gasteiger partial charge in [0.1, 0.15) is 11.6 Å².